The number of likely N-dealkylation sites (tertiary alicyclic amines) is 2. The summed E-state index contributed by atoms with van der Waals surface area (Å²) in [4.78, 5) is 58.9. The van der Waals surface area contributed by atoms with Gasteiger partial charge >= 0.3 is 12.2 Å². The van der Waals surface area contributed by atoms with Gasteiger partial charge in [0, 0.05) is 18.7 Å². The van der Waals surface area contributed by atoms with Crippen molar-refractivity contribution in [3.63, 3.8) is 0 Å². The van der Waals surface area contributed by atoms with Gasteiger partial charge in [-0.1, -0.05) is 78.9 Å². The molecular formula is C45H47N7O5. The largest absolute Gasteiger partial charge is 0.453 e. The number of amides is 3. The predicted octanol–water partition coefficient (Wildman–Crippen LogP) is 9.12. The highest BCUT2D eigenvalue weighted by Crippen LogP contribution is 2.36. The SMILES string of the molecule is COC(=O)NC(C(=O)N1CCCC1c1ncc(-c2ccc(-c3ccc4cc(-c5cnc(C6CCCN6C(=O)OC(C)(C)C)[nH]5)ccc4c3)cc2)[nH]1)c1ccccc1. The van der Waals surface area contributed by atoms with E-state index in [1.165, 1.54) is 7.11 Å². The van der Waals surface area contributed by atoms with Gasteiger partial charge in [0.1, 0.15) is 23.3 Å². The molecule has 12 nitrogen and oxygen atoms in total. The summed E-state index contributed by atoms with van der Waals surface area (Å²) >= 11 is 0. The van der Waals surface area contributed by atoms with Crippen molar-refractivity contribution in [3.05, 3.63) is 121 Å². The molecule has 3 amide bonds. The van der Waals surface area contributed by atoms with E-state index in [2.05, 4.69) is 80.9 Å². The smallest absolute Gasteiger partial charge is 0.410 e. The van der Waals surface area contributed by atoms with Crippen LogP contribution in [0.15, 0.2) is 103 Å². The van der Waals surface area contributed by atoms with E-state index in [-0.39, 0.29) is 24.1 Å². The van der Waals surface area contributed by atoms with E-state index >= 15 is 0 Å². The molecule has 2 saturated heterocycles. The van der Waals surface area contributed by atoms with E-state index in [9.17, 15) is 14.4 Å². The molecule has 0 aliphatic carbocycles. The monoisotopic (exact) mass is 765 g/mol. The fraction of sp³-hybridized carbons (Fsp3) is 0.311. The van der Waals surface area contributed by atoms with E-state index < -0.39 is 17.7 Å². The summed E-state index contributed by atoms with van der Waals surface area (Å²) in [5.74, 6) is 1.29. The van der Waals surface area contributed by atoms with Gasteiger partial charge in [0.25, 0.3) is 5.91 Å². The molecule has 2 aliphatic heterocycles. The Labute approximate surface area is 331 Å². The second-order valence-corrected chi connectivity index (χ2v) is 15.7. The Kier molecular flexibility index (Phi) is 10.3. The Morgan fingerprint density at radius 1 is 0.719 bits per heavy atom. The van der Waals surface area contributed by atoms with Gasteiger partial charge in [0.2, 0.25) is 0 Å². The molecule has 0 spiro atoms. The van der Waals surface area contributed by atoms with E-state index in [1.54, 1.807) is 9.80 Å². The zero-order valence-electron chi connectivity index (χ0n) is 32.6. The van der Waals surface area contributed by atoms with Gasteiger partial charge < -0.3 is 29.7 Å². The maximum atomic E-state index is 13.9. The summed E-state index contributed by atoms with van der Waals surface area (Å²) in [6.45, 7) is 6.86. The number of alkyl carbamates (subject to hydrolysis) is 1. The molecule has 2 aliphatic rings. The second-order valence-electron chi connectivity index (χ2n) is 15.7. The van der Waals surface area contributed by atoms with Crippen LogP contribution in [0.1, 0.15) is 81.8 Å². The number of imidazole rings is 2. The summed E-state index contributed by atoms with van der Waals surface area (Å²) < 4.78 is 10.5. The second kappa shape index (κ2) is 15.6. The van der Waals surface area contributed by atoms with Gasteiger partial charge in [-0.15, -0.1) is 0 Å². The Bertz CT molecular complexity index is 2400. The van der Waals surface area contributed by atoms with Crippen LogP contribution in [0, 0.1) is 0 Å². The third-order valence-corrected chi connectivity index (χ3v) is 10.7. The molecule has 2 fully saturated rings. The van der Waals surface area contributed by atoms with E-state index in [0.29, 0.717) is 24.5 Å². The average molecular weight is 766 g/mol. The standard InChI is InChI=1S/C45H47N7O5/c1-45(2,3)57-44(55)52-23-9-13-38(52)41-47-27-36(49-41)34-21-20-32-24-31(18-19-33(32)25-34)28-14-16-29(17-15-28)35-26-46-40(48-35)37-12-8-22-51(37)42(53)39(50-43(54)56-4)30-10-6-5-7-11-30/h5-7,10-11,14-21,24-27,37-39H,8-9,12-13,22-23H2,1-4H3,(H,46,48)(H,47,49)(H,50,54). The van der Waals surface area contributed by atoms with Gasteiger partial charge in [-0.25, -0.2) is 19.6 Å². The number of ether oxygens (including phenoxy) is 2. The summed E-state index contributed by atoms with van der Waals surface area (Å²) in [5.41, 5.74) is 6.11. The molecule has 4 aromatic carbocycles. The Morgan fingerprint density at radius 3 is 1.89 bits per heavy atom. The average Bonchev–Trinajstić information content (AvgIpc) is 4.06. The molecule has 12 heteroatoms. The quantitative estimate of drug-likeness (QED) is 0.140. The molecule has 6 aromatic rings. The fourth-order valence-electron chi connectivity index (χ4n) is 7.92. The molecule has 3 N–H and O–H groups in total. The highest BCUT2D eigenvalue weighted by molar-refractivity contribution is 5.91. The molecule has 4 heterocycles. The number of hydrogen-bond acceptors (Lipinski definition) is 7. The van der Waals surface area contributed by atoms with Crippen LogP contribution in [0.5, 0.6) is 0 Å². The third kappa shape index (κ3) is 7.98. The molecular weight excluding hydrogens is 719 g/mol. The molecule has 8 rings (SSSR count). The minimum absolute atomic E-state index is 0.136. The molecule has 0 saturated carbocycles. The van der Waals surface area contributed by atoms with Crippen LogP contribution in [-0.2, 0) is 14.3 Å². The molecule has 3 unspecified atom stereocenters. The van der Waals surface area contributed by atoms with Crippen LogP contribution in [0.2, 0.25) is 0 Å². The van der Waals surface area contributed by atoms with E-state index in [0.717, 1.165) is 75.9 Å². The number of nitrogens with zero attached hydrogens (tertiary/aromatic N) is 4. The topological polar surface area (TPSA) is 146 Å². The van der Waals surface area contributed by atoms with Crippen LogP contribution in [0.3, 0.4) is 0 Å². The number of aromatic amines is 2. The molecule has 57 heavy (non-hydrogen) atoms. The maximum absolute atomic E-state index is 13.9. The Balaban J connectivity index is 0.949. The molecule has 2 aromatic heterocycles. The molecule has 292 valence electrons. The third-order valence-electron chi connectivity index (χ3n) is 10.7. The highest BCUT2D eigenvalue weighted by Gasteiger charge is 2.37. The number of carbonyl (C=O) groups is 3. The number of hydrogen-bond donors (Lipinski definition) is 3. The van der Waals surface area contributed by atoms with Crippen LogP contribution in [0.4, 0.5) is 9.59 Å². The number of methoxy groups -OCH3 is 1. The summed E-state index contributed by atoms with van der Waals surface area (Å²) in [5, 5.41) is 4.95. The number of fused-ring (bicyclic) bond motifs is 1. The molecule has 3 atom stereocenters. The lowest BCUT2D eigenvalue weighted by Gasteiger charge is -2.28. The number of rotatable bonds is 8. The summed E-state index contributed by atoms with van der Waals surface area (Å²) in [6, 6.07) is 29.2. The summed E-state index contributed by atoms with van der Waals surface area (Å²) in [7, 11) is 1.29. The maximum Gasteiger partial charge on any atom is 0.410 e. The van der Waals surface area contributed by atoms with Crippen LogP contribution < -0.4 is 5.32 Å². The van der Waals surface area contributed by atoms with E-state index in [1.807, 2.05) is 63.5 Å². The fourth-order valence-corrected chi connectivity index (χ4v) is 7.92. The zero-order valence-corrected chi connectivity index (χ0v) is 32.6. The van der Waals surface area contributed by atoms with E-state index in [4.69, 9.17) is 14.5 Å². The number of carbonyl (C=O) groups excluding carboxylic acids is 3. The first-order chi connectivity index (χ1) is 27.5. The molecule has 0 bridgehead atoms. The first kappa shape index (κ1) is 37.5. The lowest BCUT2D eigenvalue weighted by molar-refractivity contribution is -0.134. The van der Waals surface area contributed by atoms with Gasteiger partial charge in [-0.2, -0.15) is 0 Å². The van der Waals surface area contributed by atoms with Crippen molar-refractivity contribution in [1.82, 2.24) is 35.1 Å². The van der Waals surface area contributed by atoms with Crippen molar-refractivity contribution in [2.24, 2.45) is 0 Å². The van der Waals surface area contributed by atoms with Crippen molar-refractivity contribution in [2.75, 3.05) is 20.2 Å². The normalized spacial score (nSPS) is 17.5. The summed E-state index contributed by atoms with van der Waals surface area (Å²) in [6.07, 6.45) is 6.03. The Hall–Kier alpha value is -6.43. The zero-order chi connectivity index (χ0) is 39.7. The predicted molar refractivity (Wildman–Crippen MR) is 218 cm³/mol. The number of aromatic nitrogens is 4. The number of benzene rings is 4. The van der Waals surface area contributed by atoms with Crippen LogP contribution in [0.25, 0.3) is 44.4 Å². The van der Waals surface area contributed by atoms with Gasteiger partial charge in [0.05, 0.1) is 43.0 Å². The van der Waals surface area contributed by atoms with Crippen molar-refractivity contribution < 1.29 is 23.9 Å². The first-order valence-electron chi connectivity index (χ1n) is 19.5. The minimum Gasteiger partial charge on any atom is -0.453 e. The van der Waals surface area contributed by atoms with Crippen molar-refractivity contribution in [1.29, 1.82) is 0 Å². The number of H-pyrrole nitrogens is 2. The van der Waals surface area contributed by atoms with Crippen molar-refractivity contribution in [2.45, 2.75) is 70.2 Å². The van der Waals surface area contributed by atoms with Crippen LogP contribution >= 0.6 is 0 Å². The van der Waals surface area contributed by atoms with Gasteiger partial charge in [-0.3, -0.25) is 9.69 Å². The Morgan fingerprint density at radius 2 is 1.26 bits per heavy atom. The van der Waals surface area contributed by atoms with Crippen LogP contribution in [-0.4, -0.2) is 73.6 Å². The lowest BCUT2D eigenvalue weighted by atomic mass is 9.98. The minimum atomic E-state index is -0.871. The highest BCUT2D eigenvalue weighted by atomic mass is 16.6. The number of nitrogens with one attached hydrogen (secondary N) is 3. The first-order valence-corrected chi connectivity index (χ1v) is 19.5. The van der Waals surface area contributed by atoms with Gasteiger partial charge in [-0.05, 0) is 91.6 Å². The van der Waals surface area contributed by atoms with Crippen molar-refractivity contribution >= 4 is 28.9 Å². The lowest BCUT2D eigenvalue weighted by Crippen LogP contribution is -2.42. The van der Waals surface area contributed by atoms with Gasteiger partial charge in [0.15, 0.2) is 0 Å². The molecule has 0 radical (unpaired) electrons. The van der Waals surface area contributed by atoms with Crippen molar-refractivity contribution in [3.8, 4) is 33.6 Å².